The molecule has 9 heteroatoms. The summed E-state index contributed by atoms with van der Waals surface area (Å²) in [5.74, 6) is -1.91. The van der Waals surface area contributed by atoms with Gasteiger partial charge in [0.15, 0.2) is 0 Å². The number of anilines is 1. The van der Waals surface area contributed by atoms with Crippen molar-refractivity contribution in [2.75, 3.05) is 4.90 Å². The van der Waals surface area contributed by atoms with Crippen LogP contribution in [0.1, 0.15) is 11.1 Å². The minimum atomic E-state index is -4.56. The quantitative estimate of drug-likeness (QED) is 0.566. The summed E-state index contributed by atoms with van der Waals surface area (Å²) in [5, 5.41) is 2.01. The Morgan fingerprint density at radius 1 is 1.00 bits per heavy atom. The van der Waals surface area contributed by atoms with Gasteiger partial charge in [-0.25, -0.2) is 9.69 Å². The molecule has 27 heavy (non-hydrogen) atoms. The van der Waals surface area contributed by atoms with Crippen LogP contribution in [0.2, 0.25) is 0 Å². The first-order valence-electron chi connectivity index (χ1n) is 7.51. The number of alkyl halides is 3. The summed E-state index contributed by atoms with van der Waals surface area (Å²) in [6, 6.07) is 9.49. The van der Waals surface area contributed by atoms with E-state index in [4.69, 9.17) is 0 Å². The van der Waals surface area contributed by atoms with Crippen molar-refractivity contribution in [3.05, 3.63) is 69.7 Å². The zero-order valence-corrected chi connectivity index (χ0v) is 15.0. The predicted molar refractivity (Wildman–Crippen MR) is 94.6 cm³/mol. The molecular formula is C18H10BrF3N2O3. The van der Waals surface area contributed by atoms with Gasteiger partial charge in [0.2, 0.25) is 0 Å². The minimum Gasteiger partial charge on any atom is -0.273 e. The number of carbonyl (C=O) groups is 3. The summed E-state index contributed by atoms with van der Waals surface area (Å²) in [6.07, 6.45) is -3.55. The summed E-state index contributed by atoms with van der Waals surface area (Å²) in [5.41, 5.74) is -1.16. The second kappa shape index (κ2) is 6.99. The maximum absolute atomic E-state index is 12.8. The molecule has 0 aliphatic carbocycles. The van der Waals surface area contributed by atoms with E-state index in [2.05, 4.69) is 15.9 Å². The number of carbonyl (C=O) groups excluding carboxylic acids is 3. The van der Waals surface area contributed by atoms with Crippen LogP contribution < -0.4 is 10.2 Å². The molecule has 2 aromatic rings. The number of benzene rings is 2. The van der Waals surface area contributed by atoms with Gasteiger partial charge in [0.1, 0.15) is 5.57 Å². The van der Waals surface area contributed by atoms with E-state index in [0.29, 0.717) is 4.47 Å². The number of amides is 4. The number of halogens is 4. The Hall–Kier alpha value is -2.94. The van der Waals surface area contributed by atoms with E-state index in [1.807, 2.05) is 5.32 Å². The largest absolute Gasteiger partial charge is 0.416 e. The second-order valence-electron chi connectivity index (χ2n) is 5.56. The van der Waals surface area contributed by atoms with Gasteiger partial charge < -0.3 is 0 Å². The third kappa shape index (κ3) is 3.92. The number of urea groups is 1. The lowest BCUT2D eigenvalue weighted by atomic mass is 10.0. The zero-order chi connectivity index (χ0) is 19.8. The molecule has 1 saturated heterocycles. The van der Waals surface area contributed by atoms with E-state index >= 15 is 0 Å². The summed E-state index contributed by atoms with van der Waals surface area (Å²) >= 11 is 3.22. The monoisotopic (exact) mass is 438 g/mol. The van der Waals surface area contributed by atoms with Crippen molar-refractivity contribution >= 4 is 45.5 Å². The number of rotatable bonds is 2. The number of nitrogens with one attached hydrogen (secondary N) is 1. The summed E-state index contributed by atoms with van der Waals surface area (Å²) in [6.45, 7) is 0. The lowest BCUT2D eigenvalue weighted by Gasteiger charge is -2.26. The number of hydrogen-bond acceptors (Lipinski definition) is 3. The Morgan fingerprint density at radius 3 is 2.37 bits per heavy atom. The molecule has 0 atom stereocenters. The first-order chi connectivity index (χ1) is 12.7. The van der Waals surface area contributed by atoms with E-state index in [1.165, 1.54) is 18.2 Å². The molecule has 1 N–H and O–H groups in total. The molecular weight excluding hydrogens is 429 g/mol. The molecule has 0 bridgehead atoms. The van der Waals surface area contributed by atoms with Crippen molar-refractivity contribution in [1.82, 2.24) is 5.32 Å². The van der Waals surface area contributed by atoms with E-state index in [-0.39, 0.29) is 11.3 Å². The molecule has 5 nitrogen and oxygen atoms in total. The Balaban J connectivity index is 2.02. The van der Waals surface area contributed by atoms with E-state index < -0.39 is 35.2 Å². The maximum atomic E-state index is 12.8. The Morgan fingerprint density at radius 2 is 1.70 bits per heavy atom. The van der Waals surface area contributed by atoms with E-state index in [1.54, 1.807) is 12.1 Å². The highest BCUT2D eigenvalue weighted by Gasteiger charge is 2.37. The van der Waals surface area contributed by atoms with Crippen LogP contribution in [0.5, 0.6) is 0 Å². The molecule has 138 valence electrons. The number of nitrogens with zero attached hydrogens (tertiary/aromatic N) is 1. The average Bonchev–Trinajstić information content (AvgIpc) is 2.58. The van der Waals surface area contributed by atoms with Gasteiger partial charge in [-0.1, -0.05) is 34.1 Å². The number of imide groups is 2. The smallest absolute Gasteiger partial charge is 0.273 e. The average molecular weight is 439 g/mol. The normalized spacial score (nSPS) is 16.7. The highest BCUT2D eigenvalue weighted by Crippen LogP contribution is 2.30. The molecule has 0 saturated carbocycles. The van der Waals surface area contributed by atoms with Gasteiger partial charge in [-0.15, -0.1) is 0 Å². The Labute approximate surface area is 159 Å². The SMILES string of the molecule is O=C1NC(=O)N(c2cccc(Br)c2)C(=O)/C1=C/c1cccc(C(F)(F)F)c1. The molecule has 1 heterocycles. The molecule has 0 unspecified atom stereocenters. The lowest BCUT2D eigenvalue weighted by molar-refractivity contribution is -0.137. The predicted octanol–water partition coefficient (Wildman–Crippen LogP) is 4.13. The van der Waals surface area contributed by atoms with Gasteiger partial charge in [0.05, 0.1) is 11.3 Å². The first-order valence-corrected chi connectivity index (χ1v) is 8.30. The highest BCUT2D eigenvalue weighted by molar-refractivity contribution is 9.10. The van der Waals surface area contributed by atoms with E-state index in [0.717, 1.165) is 29.2 Å². The van der Waals surface area contributed by atoms with Gasteiger partial charge in [0.25, 0.3) is 11.8 Å². The minimum absolute atomic E-state index is 0.00636. The van der Waals surface area contributed by atoms with Gasteiger partial charge in [-0.05, 0) is 42.0 Å². The van der Waals surface area contributed by atoms with Crippen LogP contribution in [0.15, 0.2) is 58.6 Å². The van der Waals surface area contributed by atoms with Crippen molar-refractivity contribution in [1.29, 1.82) is 0 Å². The van der Waals surface area contributed by atoms with Crippen LogP contribution in [0, 0.1) is 0 Å². The van der Waals surface area contributed by atoms with Crippen molar-refractivity contribution in [3.8, 4) is 0 Å². The summed E-state index contributed by atoms with van der Waals surface area (Å²) < 4.78 is 39.1. The topological polar surface area (TPSA) is 66.5 Å². The number of hydrogen-bond donors (Lipinski definition) is 1. The van der Waals surface area contributed by atoms with Crippen molar-refractivity contribution in [3.63, 3.8) is 0 Å². The molecule has 2 aromatic carbocycles. The van der Waals surface area contributed by atoms with Crippen LogP contribution in [0.25, 0.3) is 6.08 Å². The van der Waals surface area contributed by atoms with Crippen LogP contribution >= 0.6 is 15.9 Å². The third-order valence-electron chi connectivity index (χ3n) is 3.69. The molecule has 1 aliphatic rings. The Bertz CT molecular complexity index is 986. The fourth-order valence-electron chi connectivity index (χ4n) is 2.48. The zero-order valence-electron chi connectivity index (χ0n) is 13.4. The summed E-state index contributed by atoms with van der Waals surface area (Å²) in [4.78, 5) is 37.6. The van der Waals surface area contributed by atoms with Gasteiger partial charge >= 0.3 is 12.2 Å². The lowest BCUT2D eigenvalue weighted by Crippen LogP contribution is -2.54. The fraction of sp³-hybridized carbons (Fsp3) is 0.0556. The fourth-order valence-corrected chi connectivity index (χ4v) is 2.87. The highest BCUT2D eigenvalue weighted by atomic mass is 79.9. The van der Waals surface area contributed by atoms with Gasteiger partial charge in [-0.2, -0.15) is 13.2 Å². The van der Waals surface area contributed by atoms with Crippen molar-refractivity contribution in [2.45, 2.75) is 6.18 Å². The van der Waals surface area contributed by atoms with Gasteiger partial charge in [0, 0.05) is 4.47 Å². The van der Waals surface area contributed by atoms with Crippen LogP contribution in [0.4, 0.5) is 23.7 Å². The molecule has 1 aliphatic heterocycles. The third-order valence-corrected chi connectivity index (χ3v) is 4.19. The van der Waals surface area contributed by atoms with Gasteiger partial charge in [-0.3, -0.25) is 14.9 Å². The molecule has 1 fully saturated rings. The van der Waals surface area contributed by atoms with Crippen LogP contribution in [-0.2, 0) is 15.8 Å². The van der Waals surface area contributed by atoms with Crippen molar-refractivity contribution in [2.24, 2.45) is 0 Å². The molecule has 0 aromatic heterocycles. The summed E-state index contributed by atoms with van der Waals surface area (Å²) in [7, 11) is 0. The van der Waals surface area contributed by atoms with Crippen molar-refractivity contribution < 1.29 is 27.6 Å². The standard InChI is InChI=1S/C18H10BrF3N2O3/c19-12-5-2-6-13(9-12)24-16(26)14(15(25)23-17(24)27)8-10-3-1-4-11(7-10)18(20,21)22/h1-9H,(H,23,25,27)/b14-8+. The van der Waals surface area contributed by atoms with Crippen LogP contribution in [-0.4, -0.2) is 17.8 Å². The molecule has 0 spiro atoms. The molecule has 3 rings (SSSR count). The van der Waals surface area contributed by atoms with Crippen LogP contribution in [0.3, 0.4) is 0 Å². The second-order valence-corrected chi connectivity index (χ2v) is 6.48. The maximum Gasteiger partial charge on any atom is 0.416 e. The first kappa shape index (κ1) is 18.8. The molecule has 4 amide bonds. The Kier molecular flexibility index (Phi) is 4.88. The molecule has 0 radical (unpaired) electrons. The van der Waals surface area contributed by atoms with E-state index in [9.17, 15) is 27.6 Å². The number of barbiturate groups is 1.